The Balaban J connectivity index is 2.44. The van der Waals surface area contributed by atoms with Crippen LogP contribution in [0.2, 0.25) is 0 Å². The maximum Gasteiger partial charge on any atom is 0.330 e. The standard InChI is InChI=1S/C14H20O6/c1-3-11(15)19-9-13(17)5-7-14(18,8-6-13)10-20-12(16)4-2/h3-4,17-18H,1-2,5-10H2. The maximum atomic E-state index is 11.0. The van der Waals surface area contributed by atoms with E-state index in [1.54, 1.807) is 0 Å². The van der Waals surface area contributed by atoms with Gasteiger partial charge in [0, 0.05) is 12.2 Å². The second kappa shape index (κ2) is 6.67. The molecule has 0 unspecified atom stereocenters. The average Bonchev–Trinajstić information content (AvgIpc) is 2.46. The number of hydrogen-bond acceptors (Lipinski definition) is 6. The highest BCUT2D eigenvalue weighted by Gasteiger charge is 2.42. The van der Waals surface area contributed by atoms with Gasteiger partial charge in [0.2, 0.25) is 0 Å². The van der Waals surface area contributed by atoms with Crippen molar-refractivity contribution in [3.8, 4) is 0 Å². The van der Waals surface area contributed by atoms with Gasteiger partial charge in [-0.3, -0.25) is 0 Å². The zero-order valence-corrected chi connectivity index (χ0v) is 11.3. The van der Waals surface area contributed by atoms with Gasteiger partial charge in [0.05, 0.1) is 11.2 Å². The molecule has 1 aliphatic rings. The molecular formula is C14H20O6. The summed E-state index contributed by atoms with van der Waals surface area (Å²) in [5.74, 6) is -1.20. The Labute approximate surface area is 117 Å². The molecule has 0 amide bonds. The zero-order valence-electron chi connectivity index (χ0n) is 11.3. The Hall–Kier alpha value is -1.66. The molecule has 1 rings (SSSR count). The average molecular weight is 284 g/mol. The van der Waals surface area contributed by atoms with Gasteiger partial charge in [-0.15, -0.1) is 0 Å². The molecule has 20 heavy (non-hydrogen) atoms. The summed E-state index contributed by atoms with van der Waals surface area (Å²) in [7, 11) is 0. The molecule has 0 saturated heterocycles. The van der Waals surface area contributed by atoms with Gasteiger partial charge in [0.15, 0.2) is 0 Å². The summed E-state index contributed by atoms with van der Waals surface area (Å²) in [6.45, 7) is 6.26. The normalized spacial score (nSPS) is 29.3. The van der Waals surface area contributed by atoms with Crippen molar-refractivity contribution in [3.63, 3.8) is 0 Å². The van der Waals surface area contributed by atoms with Crippen LogP contribution in [0.3, 0.4) is 0 Å². The first-order valence-corrected chi connectivity index (χ1v) is 6.36. The third kappa shape index (κ3) is 4.79. The molecule has 0 radical (unpaired) electrons. The van der Waals surface area contributed by atoms with Crippen molar-refractivity contribution < 1.29 is 29.3 Å². The van der Waals surface area contributed by atoms with Crippen LogP contribution in [0.1, 0.15) is 25.7 Å². The van der Waals surface area contributed by atoms with Crippen molar-refractivity contribution in [3.05, 3.63) is 25.3 Å². The molecule has 0 aromatic carbocycles. The fourth-order valence-corrected chi connectivity index (χ4v) is 2.00. The molecule has 0 bridgehead atoms. The summed E-state index contributed by atoms with van der Waals surface area (Å²) in [4.78, 5) is 21.9. The van der Waals surface area contributed by atoms with Crippen LogP contribution in [0, 0.1) is 0 Å². The van der Waals surface area contributed by atoms with Crippen LogP contribution in [0.4, 0.5) is 0 Å². The molecule has 0 heterocycles. The van der Waals surface area contributed by atoms with E-state index in [1.807, 2.05) is 0 Å². The van der Waals surface area contributed by atoms with Crippen molar-refractivity contribution >= 4 is 11.9 Å². The molecule has 1 fully saturated rings. The van der Waals surface area contributed by atoms with Gasteiger partial charge in [-0.1, -0.05) is 13.2 Å². The lowest BCUT2D eigenvalue weighted by molar-refractivity contribution is -0.162. The lowest BCUT2D eigenvalue weighted by atomic mass is 9.77. The molecule has 6 heteroatoms. The van der Waals surface area contributed by atoms with E-state index in [1.165, 1.54) is 0 Å². The van der Waals surface area contributed by atoms with E-state index in [2.05, 4.69) is 13.2 Å². The molecule has 6 nitrogen and oxygen atoms in total. The van der Waals surface area contributed by atoms with Gasteiger partial charge in [-0.05, 0) is 25.7 Å². The zero-order chi connectivity index (χ0) is 15.2. The number of carbonyl (C=O) groups is 2. The Kier molecular flexibility index (Phi) is 5.47. The second-order valence-corrected chi connectivity index (χ2v) is 5.07. The molecule has 1 saturated carbocycles. The van der Waals surface area contributed by atoms with E-state index in [0.717, 1.165) is 12.2 Å². The minimum absolute atomic E-state index is 0.139. The van der Waals surface area contributed by atoms with Crippen molar-refractivity contribution in [2.75, 3.05) is 13.2 Å². The molecule has 2 N–H and O–H groups in total. The van der Waals surface area contributed by atoms with Crippen molar-refractivity contribution in [1.82, 2.24) is 0 Å². The van der Waals surface area contributed by atoms with Crippen molar-refractivity contribution in [2.45, 2.75) is 36.9 Å². The highest BCUT2D eigenvalue weighted by Crippen LogP contribution is 2.35. The molecule has 1 aliphatic carbocycles. The van der Waals surface area contributed by atoms with Crippen molar-refractivity contribution in [1.29, 1.82) is 0 Å². The van der Waals surface area contributed by atoms with Crippen LogP contribution < -0.4 is 0 Å². The summed E-state index contributed by atoms with van der Waals surface area (Å²) in [5, 5.41) is 20.4. The Morgan fingerprint density at radius 1 is 0.900 bits per heavy atom. The molecule has 0 atom stereocenters. The van der Waals surface area contributed by atoms with Gasteiger partial charge < -0.3 is 19.7 Å². The predicted octanol–water partition coefficient (Wildman–Crippen LogP) is 0.481. The van der Waals surface area contributed by atoms with E-state index in [4.69, 9.17) is 9.47 Å². The van der Waals surface area contributed by atoms with Crippen LogP contribution in [-0.4, -0.2) is 46.6 Å². The lowest BCUT2D eigenvalue weighted by Gasteiger charge is -2.40. The highest BCUT2D eigenvalue weighted by atomic mass is 16.5. The monoisotopic (exact) mass is 284 g/mol. The smallest absolute Gasteiger partial charge is 0.330 e. The quantitative estimate of drug-likeness (QED) is 0.544. The van der Waals surface area contributed by atoms with Crippen LogP contribution >= 0.6 is 0 Å². The number of aliphatic hydroxyl groups is 2. The number of rotatable bonds is 6. The topological polar surface area (TPSA) is 93.1 Å². The summed E-state index contributed by atoms with van der Waals surface area (Å²) in [5.41, 5.74) is -2.32. The molecule has 0 spiro atoms. The SMILES string of the molecule is C=CC(=O)OCC1(O)CCC(O)(COC(=O)C=C)CC1. The molecule has 0 aromatic rings. The molecule has 112 valence electrons. The number of ether oxygens (including phenoxy) is 2. The third-order valence-electron chi connectivity index (χ3n) is 3.41. The Bertz CT molecular complexity index is 354. The van der Waals surface area contributed by atoms with E-state index in [0.29, 0.717) is 0 Å². The van der Waals surface area contributed by atoms with Crippen LogP contribution in [0.25, 0.3) is 0 Å². The van der Waals surface area contributed by atoms with Gasteiger partial charge >= 0.3 is 11.9 Å². The summed E-state index contributed by atoms with van der Waals surface area (Å²) < 4.78 is 9.66. The largest absolute Gasteiger partial charge is 0.459 e. The number of carbonyl (C=O) groups excluding carboxylic acids is 2. The molecule has 0 aliphatic heterocycles. The van der Waals surface area contributed by atoms with Crippen LogP contribution in [-0.2, 0) is 19.1 Å². The molecular weight excluding hydrogens is 264 g/mol. The van der Waals surface area contributed by atoms with Crippen molar-refractivity contribution in [2.24, 2.45) is 0 Å². The summed E-state index contributed by atoms with van der Waals surface area (Å²) >= 11 is 0. The third-order valence-corrected chi connectivity index (χ3v) is 3.41. The van der Waals surface area contributed by atoms with Gasteiger partial charge in [0.1, 0.15) is 13.2 Å². The predicted molar refractivity (Wildman–Crippen MR) is 70.7 cm³/mol. The van der Waals surface area contributed by atoms with Gasteiger partial charge in [-0.2, -0.15) is 0 Å². The fraction of sp³-hybridized carbons (Fsp3) is 0.571. The first-order valence-electron chi connectivity index (χ1n) is 6.36. The Morgan fingerprint density at radius 2 is 1.20 bits per heavy atom. The van der Waals surface area contributed by atoms with E-state index < -0.39 is 23.1 Å². The van der Waals surface area contributed by atoms with Crippen LogP contribution in [0.15, 0.2) is 25.3 Å². The number of esters is 2. The second-order valence-electron chi connectivity index (χ2n) is 5.07. The first kappa shape index (κ1) is 16.4. The minimum Gasteiger partial charge on any atom is -0.459 e. The first-order chi connectivity index (χ1) is 9.32. The van der Waals surface area contributed by atoms with E-state index >= 15 is 0 Å². The lowest BCUT2D eigenvalue weighted by Crippen LogP contribution is -2.48. The number of hydrogen-bond donors (Lipinski definition) is 2. The van der Waals surface area contributed by atoms with E-state index in [-0.39, 0.29) is 38.9 Å². The summed E-state index contributed by atoms with van der Waals surface area (Å²) in [6, 6.07) is 0. The van der Waals surface area contributed by atoms with Gasteiger partial charge in [-0.25, -0.2) is 9.59 Å². The van der Waals surface area contributed by atoms with E-state index in [9.17, 15) is 19.8 Å². The highest BCUT2D eigenvalue weighted by molar-refractivity contribution is 5.81. The maximum absolute atomic E-state index is 11.0. The molecule has 0 aromatic heterocycles. The summed E-state index contributed by atoms with van der Waals surface area (Å²) in [6.07, 6.45) is 3.05. The van der Waals surface area contributed by atoms with Gasteiger partial charge in [0.25, 0.3) is 0 Å². The Morgan fingerprint density at radius 3 is 1.45 bits per heavy atom. The minimum atomic E-state index is -1.16. The van der Waals surface area contributed by atoms with Crippen LogP contribution in [0.5, 0.6) is 0 Å². The fourth-order valence-electron chi connectivity index (χ4n) is 2.00.